The number of hydrogen-bond donors (Lipinski definition) is 2. The summed E-state index contributed by atoms with van der Waals surface area (Å²) in [6.45, 7) is 3.84. The predicted octanol–water partition coefficient (Wildman–Crippen LogP) is 4.87. The van der Waals surface area contributed by atoms with Crippen LogP contribution in [0.25, 0.3) is 0 Å². The number of nitrogens with one attached hydrogen (secondary N) is 2. The van der Waals surface area contributed by atoms with Crippen LogP contribution in [-0.4, -0.2) is 27.3 Å². The summed E-state index contributed by atoms with van der Waals surface area (Å²) in [6, 6.07) is 7.72. The monoisotopic (exact) mass is 418 g/mol. The molecule has 1 saturated carbocycles. The molecule has 6 nitrogen and oxygen atoms in total. The zero-order chi connectivity index (χ0) is 19.9. The van der Waals surface area contributed by atoms with Gasteiger partial charge in [-0.05, 0) is 44.4 Å². The maximum atomic E-state index is 12.6. The van der Waals surface area contributed by atoms with Crippen molar-refractivity contribution in [3.63, 3.8) is 0 Å². The molecule has 2 N–H and O–H groups in total. The Bertz CT molecular complexity index is 818. The summed E-state index contributed by atoms with van der Waals surface area (Å²) in [4.78, 5) is 26.0. The Morgan fingerprint density at radius 2 is 2.00 bits per heavy atom. The van der Waals surface area contributed by atoms with E-state index in [1.807, 2.05) is 38.1 Å². The van der Waals surface area contributed by atoms with E-state index >= 15 is 0 Å². The van der Waals surface area contributed by atoms with Crippen LogP contribution < -0.4 is 10.6 Å². The van der Waals surface area contributed by atoms with Gasteiger partial charge in [-0.25, -0.2) is 0 Å². The van der Waals surface area contributed by atoms with Gasteiger partial charge in [0, 0.05) is 16.5 Å². The lowest BCUT2D eigenvalue weighted by Gasteiger charge is -2.21. The van der Waals surface area contributed by atoms with E-state index in [1.165, 1.54) is 29.5 Å². The van der Waals surface area contributed by atoms with Gasteiger partial charge in [-0.1, -0.05) is 43.6 Å². The van der Waals surface area contributed by atoms with Crippen LogP contribution in [0.4, 0.5) is 10.8 Å². The normalized spacial score (nSPS) is 15.8. The minimum atomic E-state index is -0.242. The molecule has 0 spiro atoms. The van der Waals surface area contributed by atoms with Crippen LogP contribution in [0.15, 0.2) is 29.2 Å². The van der Waals surface area contributed by atoms with Gasteiger partial charge in [0.2, 0.25) is 16.9 Å². The molecule has 2 amide bonds. The quantitative estimate of drug-likeness (QED) is 0.627. The summed E-state index contributed by atoms with van der Waals surface area (Å²) in [5, 5.41) is 14.9. The van der Waals surface area contributed by atoms with Crippen molar-refractivity contribution in [3.05, 3.63) is 29.3 Å². The molecule has 150 valence electrons. The predicted molar refractivity (Wildman–Crippen MR) is 115 cm³/mol. The lowest BCUT2D eigenvalue weighted by Crippen LogP contribution is -2.25. The Kier molecular flexibility index (Phi) is 7.44. The van der Waals surface area contributed by atoms with Gasteiger partial charge in [-0.15, -0.1) is 22.0 Å². The highest BCUT2D eigenvalue weighted by atomic mass is 32.2. The van der Waals surface area contributed by atoms with Crippen molar-refractivity contribution < 1.29 is 9.59 Å². The molecule has 3 rings (SSSR count). The molecule has 1 heterocycles. The van der Waals surface area contributed by atoms with E-state index < -0.39 is 0 Å². The molecule has 0 radical (unpaired) electrons. The Labute approximate surface area is 173 Å². The van der Waals surface area contributed by atoms with Gasteiger partial charge in [-0.3, -0.25) is 14.9 Å². The van der Waals surface area contributed by atoms with Crippen molar-refractivity contribution in [1.29, 1.82) is 0 Å². The number of thioether (sulfide) groups is 1. The first-order valence-corrected chi connectivity index (χ1v) is 11.4. The molecule has 0 bridgehead atoms. The molecule has 1 aliphatic carbocycles. The fourth-order valence-electron chi connectivity index (χ4n) is 3.28. The standard InChI is InChI=1S/C20H26N4O2S2/c1-3-17(19(26)22-20-24-23-13(2)27-20)28-16-11-7-10-15(12-16)21-18(25)14-8-5-4-6-9-14/h7,10-12,14,17H,3-6,8-9H2,1-2H3,(H,21,25)(H,22,24,26). The first kappa shape index (κ1) is 20.8. The maximum absolute atomic E-state index is 12.6. The molecule has 1 unspecified atom stereocenters. The lowest BCUT2D eigenvalue weighted by molar-refractivity contribution is -0.120. The second-order valence-corrected chi connectivity index (χ2v) is 9.44. The van der Waals surface area contributed by atoms with Crippen LogP contribution in [0.2, 0.25) is 0 Å². The van der Waals surface area contributed by atoms with Crippen LogP contribution in [0.1, 0.15) is 50.5 Å². The molecule has 0 saturated heterocycles. The van der Waals surface area contributed by atoms with Gasteiger partial charge >= 0.3 is 0 Å². The van der Waals surface area contributed by atoms with Crippen LogP contribution in [0, 0.1) is 12.8 Å². The zero-order valence-corrected chi connectivity index (χ0v) is 17.9. The number of carbonyl (C=O) groups excluding carboxylic acids is 2. The molecule has 28 heavy (non-hydrogen) atoms. The van der Waals surface area contributed by atoms with E-state index in [1.54, 1.807) is 0 Å². The van der Waals surface area contributed by atoms with E-state index in [9.17, 15) is 9.59 Å². The number of amides is 2. The third-order valence-electron chi connectivity index (χ3n) is 4.78. The number of nitrogens with zero attached hydrogens (tertiary/aromatic N) is 2. The molecule has 1 aromatic carbocycles. The average molecular weight is 419 g/mol. The van der Waals surface area contributed by atoms with E-state index in [4.69, 9.17) is 0 Å². The fourth-order valence-corrected chi connectivity index (χ4v) is 4.88. The van der Waals surface area contributed by atoms with Crippen molar-refractivity contribution in [3.8, 4) is 0 Å². The molecule has 1 atom stereocenters. The number of rotatable bonds is 7. The highest BCUT2D eigenvalue weighted by Crippen LogP contribution is 2.30. The summed E-state index contributed by atoms with van der Waals surface area (Å²) in [5.74, 6) is 0.146. The largest absolute Gasteiger partial charge is 0.326 e. The van der Waals surface area contributed by atoms with Gasteiger partial charge in [0.05, 0.1) is 5.25 Å². The summed E-state index contributed by atoms with van der Waals surface area (Å²) in [5.41, 5.74) is 0.788. The number of aryl methyl sites for hydroxylation is 1. The van der Waals surface area contributed by atoms with Crippen LogP contribution in [-0.2, 0) is 9.59 Å². The summed E-state index contributed by atoms with van der Waals surface area (Å²) in [7, 11) is 0. The fraction of sp³-hybridized carbons (Fsp3) is 0.500. The van der Waals surface area contributed by atoms with Crippen molar-refractivity contribution in [2.45, 2.75) is 62.5 Å². The van der Waals surface area contributed by atoms with Gasteiger partial charge in [0.25, 0.3) is 0 Å². The Morgan fingerprint density at radius 1 is 1.21 bits per heavy atom. The maximum Gasteiger partial charge on any atom is 0.239 e. The molecule has 8 heteroatoms. The van der Waals surface area contributed by atoms with E-state index in [-0.39, 0.29) is 23.0 Å². The Balaban J connectivity index is 1.60. The number of aromatic nitrogens is 2. The molecular weight excluding hydrogens is 392 g/mol. The second kappa shape index (κ2) is 10.0. The van der Waals surface area contributed by atoms with Crippen LogP contribution in [0.5, 0.6) is 0 Å². The topological polar surface area (TPSA) is 84.0 Å². The number of carbonyl (C=O) groups is 2. The molecule has 0 aliphatic heterocycles. The minimum Gasteiger partial charge on any atom is -0.326 e. The highest BCUT2D eigenvalue weighted by molar-refractivity contribution is 8.00. The van der Waals surface area contributed by atoms with Crippen molar-refractivity contribution in [2.75, 3.05) is 10.6 Å². The van der Waals surface area contributed by atoms with Gasteiger partial charge < -0.3 is 5.32 Å². The summed E-state index contributed by atoms with van der Waals surface area (Å²) < 4.78 is 0. The SMILES string of the molecule is CCC(Sc1cccc(NC(=O)C2CCCCC2)c1)C(=O)Nc1nnc(C)s1. The smallest absolute Gasteiger partial charge is 0.239 e. The van der Waals surface area contributed by atoms with E-state index in [0.717, 1.165) is 41.3 Å². The number of hydrogen-bond acceptors (Lipinski definition) is 6. The summed E-state index contributed by atoms with van der Waals surface area (Å²) in [6.07, 6.45) is 6.14. The minimum absolute atomic E-state index is 0.0831. The van der Waals surface area contributed by atoms with Crippen LogP contribution in [0.3, 0.4) is 0 Å². The average Bonchev–Trinajstić information content (AvgIpc) is 3.11. The summed E-state index contributed by atoms with van der Waals surface area (Å²) >= 11 is 2.85. The van der Waals surface area contributed by atoms with Crippen molar-refractivity contribution in [2.24, 2.45) is 5.92 Å². The number of benzene rings is 1. The third kappa shape index (κ3) is 5.78. The second-order valence-electron chi connectivity index (χ2n) is 6.98. The van der Waals surface area contributed by atoms with Gasteiger partial charge in [-0.2, -0.15) is 0 Å². The highest BCUT2D eigenvalue weighted by Gasteiger charge is 2.22. The van der Waals surface area contributed by atoms with Gasteiger partial charge in [0.15, 0.2) is 0 Å². The van der Waals surface area contributed by atoms with Crippen LogP contribution >= 0.6 is 23.1 Å². The molecule has 1 fully saturated rings. The molecular formula is C20H26N4O2S2. The first-order chi connectivity index (χ1) is 13.5. The van der Waals surface area contributed by atoms with E-state index in [2.05, 4.69) is 20.8 Å². The third-order valence-corrected chi connectivity index (χ3v) is 6.89. The van der Waals surface area contributed by atoms with Crippen molar-refractivity contribution in [1.82, 2.24) is 10.2 Å². The number of anilines is 2. The van der Waals surface area contributed by atoms with Crippen molar-refractivity contribution >= 4 is 45.7 Å². The molecule has 1 aromatic heterocycles. The Morgan fingerprint density at radius 3 is 2.68 bits per heavy atom. The Hall–Kier alpha value is -1.93. The lowest BCUT2D eigenvalue weighted by atomic mass is 9.88. The first-order valence-electron chi connectivity index (χ1n) is 9.73. The van der Waals surface area contributed by atoms with E-state index in [0.29, 0.717) is 11.6 Å². The van der Waals surface area contributed by atoms with Gasteiger partial charge in [0.1, 0.15) is 5.01 Å². The molecule has 1 aliphatic rings. The molecule has 2 aromatic rings. The zero-order valence-electron chi connectivity index (χ0n) is 16.2.